The Kier molecular flexibility index (Phi) is 5.55. The number of ether oxygens (including phenoxy) is 1. The van der Waals surface area contributed by atoms with E-state index in [1.165, 1.54) is 6.20 Å². The van der Waals surface area contributed by atoms with Gasteiger partial charge in [0.2, 0.25) is 0 Å². The summed E-state index contributed by atoms with van der Waals surface area (Å²) in [5.74, 6) is 0.306. The number of anilines is 3. The van der Waals surface area contributed by atoms with E-state index in [0.29, 0.717) is 39.0 Å². The lowest BCUT2D eigenvalue weighted by Crippen LogP contribution is -2.12. The highest BCUT2D eigenvalue weighted by Gasteiger charge is 2.10. The Labute approximate surface area is 161 Å². The summed E-state index contributed by atoms with van der Waals surface area (Å²) in [6.45, 7) is 0. The average molecular weight is 379 g/mol. The molecule has 7 heteroatoms. The second-order valence-electron chi connectivity index (χ2n) is 5.58. The first-order chi connectivity index (χ1) is 13.1. The number of aromatic nitrogens is 1. The Hall–Kier alpha value is -3.56. The molecule has 27 heavy (non-hydrogen) atoms. The van der Waals surface area contributed by atoms with E-state index in [4.69, 9.17) is 21.6 Å². The van der Waals surface area contributed by atoms with Gasteiger partial charge in [-0.3, -0.25) is 9.78 Å². The number of carbonyl (C=O) groups is 1. The van der Waals surface area contributed by atoms with Gasteiger partial charge < -0.3 is 15.4 Å². The second-order valence-corrected chi connectivity index (χ2v) is 6.01. The molecule has 134 valence electrons. The molecule has 0 unspecified atom stereocenters. The van der Waals surface area contributed by atoms with Crippen molar-refractivity contribution in [2.45, 2.75) is 0 Å². The minimum absolute atomic E-state index is 0.311. The number of nitrogens with zero attached hydrogens (tertiary/aromatic N) is 2. The summed E-state index contributed by atoms with van der Waals surface area (Å²) in [5.41, 5.74) is 2.77. The van der Waals surface area contributed by atoms with Gasteiger partial charge in [0, 0.05) is 16.9 Å². The third-order valence-corrected chi connectivity index (χ3v) is 3.95. The van der Waals surface area contributed by atoms with Gasteiger partial charge in [-0.05, 0) is 48.5 Å². The standard InChI is InChI=1S/C20H15ClN4O2/c1-27-19-7-4-15(21)9-18(19)24-17-8-14(11-23-12-17)20(26)25-16-5-2-13(10-22)3-6-16/h2-9,11-12,24H,1H3,(H,25,26). The van der Waals surface area contributed by atoms with Crippen molar-refractivity contribution in [3.8, 4) is 11.8 Å². The fourth-order valence-electron chi connectivity index (χ4n) is 2.40. The van der Waals surface area contributed by atoms with Crippen molar-refractivity contribution < 1.29 is 9.53 Å². The number of halogens is 1. The Morgan fingerprint density at radius 3 is 2.59 bits per heavy atom. The van der Waals surface area contributed by atoms with Crippen LogP contribution in [0.3, 0.4) is 0 Å². The van der Waals surface area contributed by atoms with E-state index in [1.807, 2.05) is 6.07 Å². The lowest BCUT2D eigenvalue weighted by Gasteiger charge is -2.12. The summed E-state index contributed by atoms with van der Waals surface area (Å²) in [6, 6.07) is 15.5. The molecule has 1 heterocycles. The number of methoxy groups -OCH3 is 1. The van der Waals surface area contributed by atoms with Gasteiger partial charge in [-0.1, -0.05) is 11.6 Å². The maximum absolute atomic E-state index is 12.5. The van der Waals surface area contributed by atoms with Gasteiger partial charge in [-0.15, -0.1) is 0 Å². The largest absolute Gasteiger partial charge is 0.495 e. The summed E-state index contributed by atoms with van der Waals surface area (Å²) in [7, 11) is 1.56. The zero-order valence-electron chi connectivity index (χ0n) is 14.4. The molecule has 1 amide bonds. The molecule has 3 aromatic rings. The van der Waals surface area contributed by atoms with Crippen LogP contribution in [0.2, 0.25) is 5.02 Å². The quantitative estimate of drug-likeness (QED) is 0.676. The number of rotatable bonds is 5. The van der Waals surface area contributed by atoms with Gasteiger partial charge in [0.1, 0.15) is 5.75 Å². The number of benzene rings is 2. The summed E-state index contributed by atoms with van der Waals surface area (Å²) in [6.07, 6.45) is 3.07. The number of hydrogen-bond donors (Lipinski definition) is 2. The molecule has 0 spiro atoms. The van der Waals surface area contributed by atoms with Gasteiger partial charge in [0.15, 0.2) is 0 Å². The lowest BCUT2D eigenvalue weighted by molar-refractivity contribution is 0.102. The normalized spacial score (nSPS) is 9.96. The molecule has 2 N–H and O–H groups in total. The van der Waals surface area contributed by atoms with Crippen molar-refractivity contribution in [3.63, 3.8) is 0 Å². The van der Waals surface area contributed by atoms with Gasteiger partial charge in [0.25, 0.3) is 5.91 Å². The number of nitriles is 1. The van der Waals surface area contributed by atoms with Crippen molar-refractivity contribution in [2.75, 3.05) is 17.7 Å². The van der Waals surface area contributed by atoms with E-state index in [0.717, 1.165) is 0 Å². The van der Waals surface area contributed by atoms with Crippen LogP contribution in [0.5, 0.6) is 5.75 Å². The van der Waals surface area contributed by atoms with Gasteiger partial charge >= 0.3 is 0 Å². The molecule has 0 bridgehead atoms. The molecule has 1 aromatic heterocycles. The number of amides is 1. The second kappa shape index (κ2) is 8.21. The van der Waals surface area contributed by atoms with E-state index >= 15 is 0 Å². The van der Waals surface area contributed by atoms with E-state index in [-0.39, 0.29) is 5.91 Å². The topological polar surface area (TPSA) is 87.0 Å². The van der Waals surface area contributed by atoms with Gasteiger partial charge in [-0.2, -0.15) is 5.26 Å². The van der Waals surface area contributed by atoms with Crippen molar-refractivity contribution >= 4 is 34.6 Å². The van der Waals surface area contributed by atoms with Crippen LogP contribution >= 0.6 is 11.6 Å². The van der Waals surface area contributed by atoms with Crippen LogP contribution in [0.1, 0.15) is 15.9 Å². The fourth-order valence-corrected chi connectivity index (χ4v) is 2.57. The Morgan fingerprint density at radius 2 is 1.89 bits per heavy atom. The van der Waals surface area contributed by atoms with Crippen LogP contribution in [0.15, 0.2) is 60.9 Å². The molecule has 3 rings (SSSR count). The van der Waals surface area contributed by atoms with Crippen LogP contribution in [0.4, 0.5) is 17.1 Å². The molecule has 6 nitrogen and oxygen atoms in total. The smallest absolute Gasteiger partial charge is 0.257 e. The lowest BCUT2D eigenvalue weighted by atomic mass is 10.2. The number of pyridine rings is 1. The van der Waals surface area contributed by atoms with Crippen LogP contribution < -0.4 is 15.4 Å². The molecule has 0 aliphatic rings. The molecule has 0 aliphatic heterocycles. The summed E-state index contributed by atoms with van der Waals surface area (Å²) in [4.78, 5) is 16.6. The summed E-state index contributed by atoms with van der Waals surface area (Å²) >= 11 is 6.04. The minimum atomic E-state index is -0.311. The van der Waals surface area contributed by atoms with Gasteiger partial charge in [0.05, 0.1) is 41.9 Å². The summed E-state index contributed by atoms with van der Waals surface area (Å²) < 4.78 is 5.30. The van der Waals surface area contributed by atoms with Crippen LogP contribution in [0.25, 0.3) is 0 Å². The monoisotopic (exact) mass is 378 g/mol. The van der Waals surface area contributed by atoms with Gasteiger partial charge in [-0.25, -0.2) is 0 Å². The SMILES string of the molecule is COc1ccc(Cl)cc1Nc1cncc(C(=O)Nc2ccc(C#N)cc2)c1. The fraction of sp³-hybridized carbons (Fsp3) is 0.0500. The van der Waals surface area contributed by atoms with Crippen molar-refractivity contribution in [1.82, 2.24) is 4.98 Å². The Balaban J connectivity index is 1.77. The number of hydrogen-bond acceptors (Lipinski definition) is 5. The van der Waals surface area contributed by atoms with E-state index in [9.17, 15) is 4.79 Å². The minimum Gasteiger partial charge on any atom is -0.495 e. The molecular formula is C20H15ClN4O2. The highest BCUT2D eigenvalue weighted by molar-refractivity contribution is 6.31. The summed E-state index contributed by atoms with van der Waals surface area (Å²) in [5, 5.41) is 15.3. The highest BCUT2D eigenvalue weighted by atomic mass is 35.5. The molecular weight excluding hydrogens is 364 g/mol. The Bertz CT molecular complexity index is 1010. The van der Waals surface area contributed by atoms with Crippen LogP contribution in [0, 0.1) is 11.3 Å². The molecule has 0 aliphatic carbocycles. The number of nitrogens with one attached hydrogen (secondary N) is 2. The molecule has 0 fully saturated rings. The average Bonchev–Trinajstić information content (AvgIpc) is 2.69. The van der Waals surface area contributed by atoms with Crippen LogP contribution in [-0.4, -0.2) is 18.0 Å². The van der Waals surface area contributed by atoms with Crippen molar-refractivity contribution in [2.24, 2.45) is 0 Å². The number of carbonyl (C=O) groups excluding carboxylic acids is 1. The molecule has 0 saturated carbocycles. The van der Waals surface area contributed by atoms with Crippen molar-refractivity contribution in [3.05, 3.63) is 77.1 Å². The van der Waals surface area contributed by atoms with E-state index < -0.39 is 0 Å². The third kappa shape index (κ3) is 4.54. The third-order valence-electron chi connectivity index (χ3n) is 3.71. The van der Waals surface area contributed by atoms with E-state index in [1.54, 1.807) is 61.8 Å². The van der Waals surface area contributed by atoms with Crippen LogP contribution in [-0.2, 0) is 0 Å². The van der Waals surface area contributed by atoms with Crippen molar-refractivity contribution in [1.29, 1.82) is 5.26 Å². The first-order valence-electron chi connectivity index (χ1n) is 7.96. The first-order valence-corrected chi connectivity index (χ1v) is 8.34. The zero-order valence-corrected chi connectivity index (χ0v) is 15.1. The predicted octanol–water partition coefficient (Wildman–Crippen LogP) is 4.61. The first kappa shape index (κ1) is 18.2. The Morgan fingerprint density at radius 1 is 1.11 bits per heavy atom. The molecule has 2 aromatic carbocycles. The molecule has 0 radical (unpaired) electrons. The highest BCUT2D eigenvalue weighted by Crippen LogP contribution is 2.30. The zero-order chi connectivity index (χ0) is 19.2. The van der Waals surface area contributed by atoms with E-state index in [2.05, 4.69) is 15.6 Å². The molecule has 0 saturated heterocycles. The molecule has 0 atom stereocenters. The predicted molar refractivity (Wildman–Crippen MR) is 105 cm³/mol. The maximum Gasteiger partial charge on any atom is 0.257 e. The maximum atomic E-state index is 12.5.